The molecule has 0 fully saturated rings. The van der Waals surface area contributed by atoms with Crippen LogP contribution < -0.4 is 9.80 Å². The summed E-state index contributed by atoms with van der Waals surface area (Å²) in [5.74, 6) is 0. The molecule has 422 valence electrons. The Labute approximate surface area is 473 Å². The number of hydrogen-bond acceptors (Lipinski definition) is 4. The van der Waals surface area contributed by atoms with E-state index in [9.17, 15) is 17.6 Å². The maximum atomic E-state index is 15.2. The third-order valence-corrected chi connectivity index (χ3v) is 16.1. The van der Waals surface area contributed by atoms with Crippen molar-refractivity contribution < 1.29 is 44.6 Å². The van der Waals surface area contributed by atoms with Crippen molar-refractivity contribution >= 4 is 55.7 Å². The van der Waals surface area contributed by atoms with Gasteiger partial charge in [-0.15, -0.1) is 0 Å². The van der Waals surface area contributed by atoms with Crippen LogP contribution in [0.25, 0.3) is 43.8 Å². The van der Waals surface area contributed by atoms with Crippen LogP contribution in [0.3, 0.4) is 0 Å². The lowest BCUT2D eigenvalue weighted by Crippen LogP contribution is -2.17. The summed E-state index contributed by atoms with van der Waals surface area (Å²) >= 11 is 0. The molecule has 11 rings (SSSR count). The molecule has 0 saturated carbocycles. The zero-order valence-electron chi connectivity index (χ0n) is 46.0. The first-order valence-electron chi connectivity index (χ1n) is 28.7. The zero-order chi connectivity index (χ0) is 57.2. The van der Waals surface area contributed by atoms with Crippen molar-refractivity contribution in [1.29, 1.82) is 0 Å². The molecule has 0 radical (unpaired) electrons. The van der Waals surface area contributed by atoms with E-state index in [1.54, 1.807) is 12.1 Å². The van der Waals surface area contributed by atoms with Crippen LogP contribution in [0.15, 0.2) is 182 Å². The number of benzene rings is 9. The molecule has 0 unspecified atom stereocenters. The Kier molecular flexibility index (Phi) is 16.1. The number of unbranched alkanes of at least 4 members (excludes halogenated alkanes) is 10. The Morgan fingerprint density at radius 3 is 1.07 bits per heavy atom. The Morgan fingerprint density at radius 1 is 0.317 bits per heavy atom. The molecule has 0 amide bonds. The van der Waals surface area contributed by atoms with Gasteiger partial charge < -0.3 is 9.80 Å². The topological polar surface area (TPSA) is 24.9 Å². The first-order chi connectivity index (χ1) is 39.6. The standard InChI is InChI=1S/C70H64F8N2O2/c1-3-5-7-9-11-19-31-55-56(32-20-12-10-8-6-4-2)60-46-52(80(50-27-17-14-18-28-50)66-34-24-22-30-54(66)48-36-42-62-64(44-48)70(77,78)82-68(62,73)74)38-40-58(60)57-39-37-51(45-59(55)57)79(49-25-15-13-16-26-49)65-33-23-21-29-53(65)47-35-41-61-63(43-47)69(75,76)81-67(61,71)72/h13-18,21-30,33-46H,3-12,19-20,31-32H2,1-2H3. The molecule has 2 heterocycles. The number of rotatable bonds is 22. The SMILES string of the molecule is CCCCCCCCc1c(CCCCCCCC)c2cc(N(c3ccccc3)c3ccccc3-c3ccc4c(c3)C(F)(F)OC4(F)F)ccc2c2ccc(N(c3ccccc3)c3ccccc3-c3ccc4c(c3)C(F)(F)OC4(F)F)cc12. The summed E-state index contributed by atoms with van der Waals surface area (Å²) in [6, 6.07) is 54.4. The molecule has 0 aromatic heterocycles. The molecule has 12 heteroatoms. The fourth-order valence-corrected chi connectivity index (χ4v) is 12.2. The highest BCUT2D eigenvalue weighted by atomic mass is 19.3. The van der Waals surface area contributed by atoms with Gasteiger partial charge in [0.25, 0.3) is 0 Å². The summed E-state index contributed by atoms with van der Waals surface area (Å²) in [4.78, 5) is 4.19. The van der Waals surface area contributed by atoms with Crippen LogP contribution >= 0.6 is 0 Å². The van der Waals surface area contributed by atoms with Gasteiger partial charge in [-0.25, -0.2) is 9.47 Å². The van der Waals surface area contributed by atoms with E-state index in [1.165, 1.54) is 36.1 Å². The molecule has 0 aliphatic carbocycles. The van der Waals surface area contributed by atoms with E-state index in [4.69, 9.17) is 0 Å². The minimum Gasteiger partial charge on any atom is -0.310 e. The van der Waals surface area contributed by atoms with Crippen LogP contribution in [0.2, 0.25) is 0 Å². The van der Waals surface area contributed by atoms with Crippen LogP contribution in [0, 0.1) is 0 Å². The Morgan fingerprint density at radius 2 is 0.671 bits per heavy atom. The van der Waals surface area contributed by atoms with Crippen molar-refractivity contribution in [3.8, 4) is 22.3 Å². The summed E-state index contributed by atoms with van der Waals surface area (Å²) in [6.07, 6.45) is -1.94. The number of hydrogen-bond donors (Lipinski definition) is 0. The van der Waals surface area contributed by atoms with Crippen LogP contribution in [-0.2, 0) is 46.7 Å². The van der Waals surface area contributed by atoms with Crippen LogP contribution in [0.4, 0.5) is 69.2 Å². The lowest BCUT2D eigenvalue weighted by atomic mass is 9.86. The molecular weight excluding hydrogens is 1050 g/mol. The maximum Gasteiger partial charge on any atom is 0.388 e. The van der Waals surface area contributed by atoms with Gasteiger partial charge in [-0.2, -0.15) is 35.1 Å². The summed E-state index contributed by atoms with van der Waals surface area (Å²) in [6.45, 7) is 4.42. The van der Waals surface area contributed by atoms with Crippen molar-refractivity contribution in [2.24, 2.45) is 0 Å². The van der Waals surface area contributed by atoms with E-state index in [2.05, 4.69) is 69.5 Å². The smallest absolute Gasteiger partial charge is 0.310 e. The second-order valence-corrected chi connectivity index (χ2v) is 21.6. The highest BCUT2D eigenvalue weighted by molar-refractivity contribution is 6.13. The number of halogens is 8. The van der Waals surface area contributed by atoms with Gasteiger partial charge in [-0.3, -0.25) is 0 Å². The van der Waals surface area contributed by atoms with E-state index in [0.717, 1.165) is 146 Å². The number of para-hydroxylation sites is 4. The molecular formula is C70H64F8N2O2. The van der Waals surface area contributed by atoms with Gasteiger partial charge in [0.15, 0.2) is 0 Å². The normalized spacial score (nSPS) is 15.4. The van der Waals surface area contributed by atoms with E-state index >= 15 is 17.6 Å². The first kappa shape index (κ1) is 56.3. The summed E-state index contributed by atoms with van der Waals surface area (Å²) < 4.78 is 128. The van der Waals surface area contributed by atoms with Gasteiger partial charge in [0.1, 0.15) is 0 Å². The maximum absolute atomic E-state index is 15.2. The van der Waals surface area contributed by atoms with Crippen molar-refractivity contribution in [2.45, 2.75) is 128 Å². The van der Waals surface area contributed by atoms with Crippen molar-refractivity contribution in [2.75, 3.05) is 9.80 Å². The van der Waals surface area contributed by atoms with Gasteiger partial charge in [0, 0.05) is 33.9 Å². The molecule has 2 aliphatic heterocycles. The number of alkyl halides is 8. The fraction of sp³-hybridized carbons (Fsp3) is 0.286. The largest absolute Gasteiger partial charge is 0.388 e. The molecule has 9 aromatic carbocycles. The Bertz CT molecular complexity index is 3490. The average Bonchev–Trinajstić information content (AvgIpc) is 3.99. The summed E-state index contributed by atoms with van der Waals surface area (Å²) in [5.41, 5.74) is 5.26. The van der Waals surface area contributed by atoms with E-state index < -0.39 is 46.7 Å². The molecule has 0 saturated heterocycles. The number of aryl methyl sites for hydroxylation is 2. The second-order valence-electron chi connectivity index (χ2n) is 21.6. The van der Waals surface area contributed by atoms with Gasteiger partial charge >= 0.3 is 24.4 Å². The van der Waals surface area contributed by atoms with Gasteiger partial charge in [0.05, 0.1) is 33.6 Å². The number of ether oxygens (including phenoxy) is 2. The van der Waals surface area contributed by atoms with Gasteiger partial charge in [-0.05, 0) is 154 Å². The third-order valence-electron chi connectivity index (χ3n) is 16.1. The lowest BCUT2D eigenvalue weighted by Gasteiger charge is -2.30. The van der Waals surface area contributed by atoms with Crippen molar-refractivity contribution in [3.63, 3.8) is 0 Å². The molecule has 4 nitrogen and oxygen atoms in total. The van der Waals surface area contributed by atoms with Crippen LogP contribution in [0.1, 0.15) is 124 Å². The van der Waals surface area contributed by atoms with Crippen LogP contribution in [0.5, 0.6) is 0 Å². The van der Waals surface area contributed by atoms with Crippen molar-refractivity contribution in [1.82, 2.24) is 0 Å². The molecule has 2 aliphatic rings. The minimum atomic E-state index is -4.19. The van der Waals surface area contributed by atoms with Gasteiger partial charge in [0.2, 0.25) is 0 Å². The summed E-state index contributed by atoms with van der Waals surface area (Å²) in [5, 5.41) is 4.22. The van der Waals surface area contributed by atoms with Gasteiger partial charge in [-0.1, -0.05) is 175 Å². The molecule has 0 N–H and O–H groups in total. The highest BCUT2D eigenvalue weighted by Crippen LogP contribution is 2.55. The Balaban J connectivity index is 1.10. The van der Waals surface area contributed by atoms with Crippen molar-refractivity contribution in [3.05, 3.63) is 215 Å². The monoisotopic (exact) mass is 1120 g/mol. The quantitative estimate of drug-likeness (QED) is 0.0384. The van der Waals surface area contributed by atoms with E-state index in [-0.39, 0.29) is 0 Å². The number of nitrogens with zero attached hydrogens (tertiary/aromatic N) is 2. The Hall–Kier alpha value is -7.54. The van der Waals surface area contributed by atoms with Crippen LogP contribution in [-0.4, -0.2) is 0 Å². The fourth-order valence-electron chi connectivity index (χ4n) is 12.2. The molecule has 0 atom stereocenters. The summed E-state index contributed by atoms with van der Waals surface area (Å²) in [7, 11) is 0. The molecule has 82 heavy (non-hydrogen) atoms. The lowest BCUT2D eigenvalue weighted by molar-refractivity contribution is -0.370. The predicted molar refractivity (Wildman–Crippen MR) is 314 cm³/mol. The second kappa shape index (κ2) is 23.4. The average molecular weight is 1120 g/mol. The highest BCUT2D eigenvalue weighted by Gasteiger charge is 2.58. The zero-order valence-corrected chi connectivity index (χ0v) is 46.0. The van der Waals surface area contributed by atoms with E-state index in [1.807, 2.05) is 97.1 Å². The molecule has 9 aromatic rings. The van der Waals surface area contributed by atoms with E-state index in [0.29, 0.717) is 33.6 Å². The molecule has 0 spiro atoms. The number of anilines is 6. The third kappa shape index (κ3) is 11.1. The first-order valence-corrected chi connectivity index (χ1v) is 28.7. The molecule has 0 bridgehead atoms. The number of fused-ring (bicyclic) bond motifs is 5. The predicted octanol–water partition coefficient (Wildman–Crippen LogP) is 22.3. The minimum absolute atomic E-state index is 0.323.